The number of amidine groups is 1. The Labute approximate surface area is 191 Å². The molecule has 0 fully saturated rings. The lowest BCUT2D eigenvalue weighted by Crippen LogP contribution is -2.60. The highest BCUT2D eigenvalue weighted by Gasteiger charge is 2.56. The van der Waals surface area contributed by atoms with E-state index in [9.17, 15) is 13.4 Å². The fourth-order valence-electron chi connectivity index (χ4n) is 4.47. The van der Waals surface area contributed by atoms with Crippen LogP contribution in [-0.2, 0) is 15.3 Å². The van der Waals surface area contributed by atoms with Crippen molar-refractivity contribution in [2.24, 2.45) is 15.1 Å². The first-order valence-corrected chi connectivity index (χ1v) is 12.2. The van der Waals surface area contributed by atoms with E-state index < -0.39 is 42.8 Å². The molecule has 0 aromatic carbocycles. The van der Waals surface area contributed by atoms with Gasteiger partial charge in [-0.15, -0.1) is 0 Å². The number of carbonyl (C=O) groups is 1. The van der Waals surface area contributed by atoms with Crippen LogP contribution in [0.25, 0.3) is 0 Å². The Hall–Kier alpha value is -2.95. The van der Waals surface area contributed by atoms with Gasteiger partial charge in [0, 0.05) is 6.54 Å². The first-order valence-electron chi connectivity index (χ1n) is 10.6. The molecule has 4 rings (SSSR count). The lowest BCUT2D eigenvalue weighted by atomic mass is 9.89. The number of nitrogens with zero attached hydrogens (tertiary/aromatic N) is 4. The van der Waals surface area contributed by atoms with Crippen molar-refractivity contribution in [2.45, 2.75) is 56.1 Å². The number of hydrogen-bond donors (Lipinski definition) is 2. The molecule has 3 atom stereocenters. The molecule has 8 nitrogen and oxygen atoms in total. The van der Waals surface area contributed by atoms with Crippen LogP contribution in [0.15, 0.2) is 33.8 Å². The monoisotopic (exact) mass is 476 g/mol. The van der Waals surface area contributed by atoms with Crippen LogP contribution in [0.2, 0.25) is 0 Å². The molecule has 0 unspecified atom stereocenters. The first-order chi connectivity index (χ1) is 15.4. The topological polar surface area (TPSA) is 123 Å². The highest BCUT2D eigenvalue weighted by atomic mass is 32.2. The lowest BCUT2D eigenvalue weighted by molar-refractivity contribution is 0.102. The number of nitrogens with one attached hydrogen (secondary N) is 1. The van der Waals surface area contributed by atoms with Crippen LogP contribution in [0, 0.1) is 18.6 Å². The number of carbonyl (C=O) groups excluding carboxylic acids is 1. The molecule has 2 aliphatic heterocycles. The van der Waals surface area contributed by atoms with Crippen LogP contribution in [-0.4, -0.2) is 42.5 Å². The summed E-state index contributed by atoms with van der Waals surface area (Å²) < 4.78 is 46.0. The second-order valence-electron chi connectivity index (χ2n) is 9.01. The van der Waals surface area contributed by atoms with Crippen molar-refractivity contribution in [1.29, 1.82) is 0 Å². The Bertz CT molecular complexity index is 1300. The van der Waals surface area contributed by atoms with E-state index in [4.69, 9.17) is 5.73 Å². The minimum absolute atomic E-state index is 0.0195. The molecule has 3 N–H and O–H groups in total. The fraction of sp³-hybridized carbons (Fsp3) is 0.455. The third kappa shape index (κ3) is 3.58. The summed E-state index contributed by atoms with van der Waals surface area (Å²) in [4.78, 5) is 25.5. The van der Waals surface area contributed by atoms with E-state index in [1.54, 1.807) is 27.7 Å². The maximum atomic E-state index is 15.1. The minimum Gasteiger partial charge on any atom is -0.386 e. The Balaban J connectivity index is 1.78. The third-order valence-electron chi connectivity index (χ3n) is 6.45. The van der Waals surface area contributed by atoms with Gasteiger partial charge in [-0.25, -0.2) is 27.3 Å². The quantitative estimate of drug-likeness (QED) is 0.704. The average molecular weight is 477 g/mol. The molecule has 176 valence electrons. The maximum absolute atomic E-state index is 15.1. The van der Waals surface area contributed by atoms with E-state index in [0.717, 1.165) is 6.20 Å². The molecule has 33 heavy (non-hydrogen) atoms. The molecule has 0 spiro atoms. The molecule has 11 heteroatoms. The molecule has 2 aromatic rings. The summed E-state index contributed by atoms with van der Waals surface area (Å²) in [7, 11) is -2.89. The SMILES string of the molecule is Cc1cc(F)cnc1C(=O)Nc1ccc(F)c([C@@]2(C)N=C(N)C(C)(C)[S@@]3(=O)=NCCC[C@H]23)n1. The number of aliphatic imine (C=N–C) groups is 1. The van der Waals surface area contributed by atoms with Gasteiger partial charge in [-0.3, -0.25) is 9.79 Å². The first kappa shape index (κ1) is 23.2. The molecule has 0 saturated carbocycles. The number of pyridine rings is 2. The molecular weight excluding hydrogens is 450 g/mol. The van der Waals surface area contributed by atoms with Crippen LogP contribution in [0.5, 0.6) is 0 Å². The molecule has 2 aliphatic rings. The lowest BCUT2D eigenvalue weighted by Gasteiger charge is -2.47. The van der Waals surface area contributed by atoms with Gasteiger partial charge in [0.15, 0.2) is 0 Å². The summed E-state index contributed by atoms with van der Waals surface area (Å²) in [5, 5.41) is 1.97. The highest BCUT2D eigenvalue weighted by Crippen LogP contribution is 2.46. The van der Waals surface area contributed by atoms with Crippen molar-refractivity contribution in [3.8, 4) is 0 Å². The summed E-state index contributed by atoms with van der Waals surface area (Å²) in [6.45, 7) is 7.14. The van der Waals surface area contributed by atoms with Gasteiger partial charge in [0.05, 0.1) is 21.2 Å². The van der Waals surface area contributed by atoms with Gasteiger partial charge in [-0.05, 0) is 64.3 Å². The van der Waals surface area contributed by atoms with Gasteiger partial charge in [-0.1, -0.05) is 0 Å². The number of amides is 1. The van der Waals surface area contributed by atoms with Crippen molar-refractivity contribution >= 4 is 27.3 Å². The average Bonchev–Trinajstić information content (AvgIpc) is 2.74. The Morgan fingerprint density at radius 1 is 1.27 bits per heavy atom. The van der Waals surface area contributed by atoms with E-state index >= 15 is 4.39 Å². The maximum Gasteiger partial charge on any atom is 0.275 e. The zero-order valence-corrected chi connectivity index (χ0v) is 19.7. The second kappa shape index (κ2) is 7.82. The van der Waals surface area contributed by atoms with Gasteiger partial charge in [0.1, 0.15) is 45.0 Å². The summed E-state index contributed by atoms with van der Waals surface area (Å²) in [6, 6.07) is 3.67. The number of fused-ring (bicyclic) bond motifs is 1. The number of aryl methyl sites for hydroxylation is 1. The van der Waals surface area contributed by atoms with Gasteiger partial charge in [-0.2, -0.15) is 0 Å². The summed E-state index contributed by atoms with van der Waals surface area (Å²) in [6.07, 6.45) is 2.16. The normalized spacial score (nSPS) is 28.3. The smallest absolute Gasteiger partial charge is 0.275 e. The summed E-state index contributed by atoms with van der Waals surface area (Å²) in [5.74, 6) is -1.65. The molecule has 0 aliphatic carbocycles. The predicted octanol–water partition coefficient (Wildman–Crippen LogP) is 3.31. The predicted molar refractivity (Wildman–Crippen MR) is 123 cm³/mol. The molecule has 0 radical (unpaired) electrons. The van der Waals surface area contributed by atoms with Crippen molar-refractivity contribution in [1.82, 2.24) is 9.97 Å². The van der Waals surface area contributed by atoms with E-state index in [1.807, 2.05) is 0 Å². The number of hydrogen-bond acceptors (Lipinski definition) is 7. The van der Waals surface area contributed by atoms with E-state index in [1.165, 1.54) is 18.2 Å². The van der Waals surface area contributed by atoms with Crippen molar-refractivity contribution in [3.63, 3.8) is 0 Å². The van der Waals surface area contributed by atoms with Crippen molar-refractivity contribution in [3.05, 3.63) is 53.0 Å². The van der Waals surface area contributed by atoms with Gasteiger partial charge < -0.3 is 11.1 Å². The summed E-state index contributed by atoms with van der Waals surface area (Å²) in [5.41, 5.74) is 5.20. The summed E-state index contributed by atoms with van der Waals surface area (Å²) >= 11 is 0. The zero-order valence-electron chi connectivity index (χ0n) is 18.9. The third-order valence-corrected chi connectivity index (χ3v) is 10.2. The van der Waals surface area contributed by atoms with Gasteiger partial charge in [0.2, 0.25) is 0 Å². The Morgan fingerprint density at radius 2 is 2.00 bits per heavy atom. The zero-order chi connectivity index (χ0) is 24.2. The fourth-order valence-corrected chi connectivity index (χ4v) is 7.70. The number of halogens is 2. The van der Waals surface area contributed by atoms with E-state index in [0.29, 0.717) is 24.9 Å². The largest absolute Gasteiger partial charge is 0.386 e. The van der Waals surface area contributed by atoms with Crippen molar-refractivity contribution < 1.29 is 17.8 Å². The molecular formula is C22H26F2N6O2S. The molecule has 0 bridgehead atoms. The number of anilines is 1. The molecule has 2 aromatic heterocycles. The Kier molecular flexibility index (Phi) is 5.50. The van der Waals surface area contributed by atoms with E-state index in [2.05, 4.69) is 24.6 Å². The second-order valence-corrected chi connectivity index (χ2v) is 12.0. The molecule has 4 heterocycles. The van der Waals surface area contributed by atoms with Crippen LogP contribution in [0.1, 0.15) is 55.4 Å². The number of rotatable bonds is 3. The van der Waals surface area contributed by atoms with E-state index in [-0.39, 0.29) is 23.0 Å². The van der Waals surface area contributed by atoms with Gasteiger partial charge in [0.25, 0.3) is 5.91 Å². The van der Waals surface area contributed by atoms with Crippen LogP contribution < -0.4 is 11.1 Å². The molecule has 0 saturated heterocycles. The standard InChI is InChI=1S/C22H26F2N6O2S/c1-12-10-13(23)11-26-17(12)19(31)29-16-8-7-14(24)18(28-16)22(4)15-6-5-9-27-33(15,32)21(2,3)20(25)30-22/h7-8,10-11,15H,5-6,9H2,1-4H3,(H2,25,30)(H,28,29,31)/t15-,22+,33-/m1/s1. The molecule has 1 amide bonds. The number of nitrogens with two attached hydrogens (primary N) is 1. The van der Waals surface area contributed by atoms with Crippen LogP contribution in [0.4, 0.5) is 14.6 Å². The van der Waals surface area contributed by atoms with Crippen LogP contribution >= 0.6 is 0 Å². The Morgan fingerprint density at radius 3 is 2.70 bits per heavy atom. The minimum atomic E-state index is -2.89. The van der Waals surface area contributed by atoms with Gasteiger partial charge >= 0.3 is 0 Å². The van der Waals surface area contributed by atoms with Crippen molar-refractivity contribution in [2.75, 3.05) is 11.9 Å². The number of aromatic nitrogens is 2. The van der Waals surface area contributed by atoms with Crippen LogP contribution in [0.3, 0.4) is 0 Å². The highest BCUT2D eigenvalue weighted by molar-refractivity contribution is 7.96.